The minimum absolute atomic E-state index is 0.973. The molecule has 4 heteroatoms. The quantitative estimate of drug-likeness (QED) is 0.328. The van der Waals surface area contributed by atoms with Crippen LogP contribution in [0, 0.1) is 0 Å². The number of rotatable bonds is 3. The fourth-order valence-corrected chi connectivity index (χ4v) is 0.564. The molecule has 0 N–H and O–H groups in total. The summed E-state index contributed by atoms with van der Waals surface area (Å²) in [6, 6.07) is 0. The SMILES string of the molecule is CN=C/C=N/[O][Al]([CH3])[CH3]. The van der Waals surface area contributed by atoms with Crippen LogP contribution < -0.4 is 0 Å². The van der Waals surface area contributed by atoms with Gasteiger partial charge in [-0.05, 0) is 0 Å². The predicted octanol–water partition coefficient (Wildman–Crippen LogP) is 0.940. The average Bonchev–Trinajstić information content (AvgIpc) is 1.80. The second kappa shape index (κ2) is 5.80. The van der Waals surface area contributed by atoms with Crippen molar-refractivity contribution in [2.75, 3.05) is 7.05 Å². The maximum atomic E-state index is 4.96. The van der Waals surface area contributed by atoms with Gasteiger partial charge in [0.05, 0.1) is 6.21 Å². The summed E-state index contributed by atoms with van der Waals surface area (Å²) in [5.74, 6) is 4.11. The topological polar surface area (TPSA) is 34.0 Å². The summed E-state index contributed by atoms with van der Waals surface area (Å²) < 4.78 is 4.96. The van der Waals surface area contributed by atoms with Gasteiger partial charge in [0.15, 0.2) is 0 Å². The van der Waals surface area contributed by atoms with Crippen LogP contribution in [-0.2, 0) is 3.89 Å². The Morgan fingerprint density at radius 3 is 2.44 bits per heavy atom. The summed E-state index contributed by atoms with van der Waals surface area (Å²) in [5, 5.41) is 3.65. The molecule has 0 aliphatic heterocycles. The fraction of sp³-hybridized carbons (Fsp3) is 0.600. The Bertz CT molecular complexity index is 112. The van der Waals surface area contributed by atoms with Crippen LogP contribution in [-0.4, -0.2) is 34.0 Å². The standard InChI is InChI=1S/C3H6N2O.2CH3.Al/c1-4-2-3-5-6;;;/h2-3,6H,1H3;2*1H3;/q;;;+1/p-1/b4-2?,5-3+;;;. The molecule has 0 radical (unpaired) electrons. The van der Waals surface area contributed by atoms with Crippen LogP contribution in [0.2, 0.25) is 11.6 Å². The van der Waals surface area contributed by atoms with Crippen LogP contribution in [0.4, 0.5) is 0 Å². The first-order valence-electron chi connectivity index (χ1n) is 2.87. The number of oxime groups is 1. The van der Waals surface area contributed by atoms with E-state index in [1.165, 1.54) is 0 Å². The molecular formula is C5H11AlN2O. The van der Waals surface area contributed by atoms with Crippen molar-refractivity contribution in [1.82, 2.24) is 0 Å². The van der Waals surface area contributed by atoms with Gasteiger partial charge >= 0.3 is 14.5 Å². The van der Waals surface area contributed by atoms with Gasteiger partial charge in [-0.2, -0.15) is 0 Å². The fourth-order valence-electron chi connectivity index (χ4n) is 0.251. The Morgan fingerprint density at radius 2 is 2.00 bits per heavy atom. The number of hydrogen-bond acceptors (Lipinski definition) is 3. The Labute approximate surface area is 60.1 Å². The molecule has 0 aromatic rings. The van der Waals surface area contributed by atoms with Gasteiger partial charge in [0.2, 0.25) is 0 Å². The van der Waals surface area contributed by atoms with Crippen molar-refractivity contribution in [2.45, 2.75) is 11.6 Å². The third-order valence-corrected chi connectivity index (χ3v) is 1.09. The van der Waals surface area contributed by atoms with Crippen molar-refractivity contribution in [2.24, 2.45) is 10.1 Å². The number of aliphatic imine (C=N–C) groups is 1. The normalized spacial score (nSPS) is 11.0. The Kier molecular flexibility index (Phi) is 5.59. The van der Waals surface area contributed by atoms with E-state index in [-0.39, 0.29) is 0 Å². The van der Waals surface area contributed by atoms with E-state index in [0.29, 0.717) is 0 Å². The molecule has 0 saturated heterocycles. The lowest BCUT2D eigenvalue weighted by Gasteiger charge is -1.94. The van der Waals surface area contributed by atoms with Crippen molar-refractivity contribution in [3.8, 4) is 0 Å². The third-order valence-electron chi connectivity index (χ3n) is 0.548. The average molecular weight is 142 g/mol. The van der Waals surface area contributed by atoms with Gasteiger partial charge in [0.1, 0.15) is 0 Å². The van der Waals surface area contributed by atoms with Crippen LogP contribution >= 0.6 is 0 Å². The van der Waals surface area contributed by atoms with Gasteiger partial charge in [-0.15, -0.1) is 5.16 Å². The van der Waals surface area contributed by atoms with Gasteiger partial charge in [0.25, 0.3) is 0 Å². The Morgan fingerprint density at radius 1 is 1.33 bits per heavy atom. The molecule has 0 fully saturated rings. The van der Waals surface area contributed by atoms with E-state index in [4.69, 9.17) is 3.89 Å². The summed E-state index contributed by atoms with van der Waals surface area (Å²) in [6.07, 6.45) is 3.14. The number of nitrogens with zero attached hydrogens (tertiary/aromatic N) is 2. The van der Waals surface area contributed by atoms with Crippen molar-refractivity contribution in [1.29, 1.82) is 0 Å². The monoisotopic (exact) mass is 142 g/mol. The van der Waals surface area contributed by atoms with Crippen molar-refractivity contribution in [3.05, 3.63) is 0 Å². The van der Waals surface area contributed by atoms with Gasteiger partial charge in [0, 0.05) is 13.3 Å². The summed E-state index contributed by atoms with van der Waals surface area (Å²) in [5.41, 5.74) is 0. The van der Waals surface area contributed by atoms with E-state index >= 15 is 0 Å². The third kappa shape index (κ3) is 7.67. The largest absolute Gasteiger partial charge is 0.570 e. The van der Waals surface area contributed by atoms with Gasteiger partial charge in [-0.25, -0.2) is 0 Å². The first kappa shape index (κ1) is 8.67. The van der Waals surface area contributed by atoms with E-state index in [1.54, 1.807) is 19.5 Å². The molecule has 0 heterocycles. The molecule has 50 valence electrons. The smallest absolute Gasteiger partial charge is 0.545 e. The molecule has 0 saturated carbocycles. The molecule has 9 heavy (non-hydrogen) atoms. The van der Waals surface area contributed by atoms with Crippen molar-refractivity contribution in [3.63, 3.8) is 0 Å². The molecule has 0 unspecified atom stereocenters. The molecule has 0 aromatic carbocycles. The van der Waals surface area contributed by atoms with E-state index in [9.17, 15) is 0 Å². The zero-order valence-electron chi connectivity index (χ0n) is 6.03. The highest BCUT2D eigenvalue weighted by atomic mass is 27.2. The van der Waals surface area contributed by atoms with Crippen LogP contribution in [0.25, 0.3) is 0 Å². The summed E-state index contributed by atoms with van der Waals surface area (Å²) >= 11 is -0.973. The zero-order valence-corrected chi connectivity index (χ0v) is 7.19. The first-order chi connectivity index (χ1) is 4.27. The summed E-state index contributed by atoms with van der Waals surface area (Å²) in [6.45, 7) is 0. The maximum absolute atomic E-state index is 4.96. The molecule has 0 aliphatic rings. The minimum Gasteiger partial charge on any atom is -0.545 e. The highest BCUT2D eigenvalue weighted by Crippen LogP contribution is 1.80. The second-order valence-corrected chi connectivity index (χ2v) is 4.12. The molecule has 0 aliphatic carbocycles. The molecule has 0 bridgehead atoms. The van der Waals surface area contributed by atoms with E-state index in [0.717, 1.165) is 0 Å². The number of hydrogen-bond donors (Lipinski definition) is 0. The molecule has 0 rings (SSSR count). The highest BCUT2D eigenvalue weighted by molar-refractivity contribution is 6.48. The second-order valence-electron chi connectivity index (χ2n) is 1.82. The predicted molar refractivity (Wildman–Crippen MR) is 41.5 cm³/mol. The molecule has 3 nitrogen and oxygen atoms in total. The van der Waals surface area contributed by atoms with E-state index in [1.807, 2.05) is 0 Å². The van der Waals surface area contributed by atoms with Gasteiger partial charge in [-0.1, -0.05) is 11.6 Å². The lowest BCUT2D eigenvalue weighted by atomic mass is 10.8. The summed E-state index contributed by atoms with van der Waals surface area (Å²) in [7, 11) is 1.69. The first-order valence-corrected chi connectivity index (χ1v) is 5.65. The lowest BCUT2D eigenvalue weighted by molar-refractivity contribution is 0.355. The van der Waals surface area contributed by atoms with E-state index < -0.39 is 14.5 Å². The molecule has 0 spiro atoms. The Hall–Kier alpha value is -0.328. The van der Waals surface area contributed by atoms with E-state index in [2.05, 4.69) is 21.7 Å². The Balaban J connectivity index is 3.25. The van der Waals surface area contributed by atoms with Crippen LogP contribution in [0.15, 0.2) is 10.1 Å². The lowest BCUT2D eigenvalue weighted by Crippen LogP contribution is -2.01. The molecule has 0 amide bonds. The molecule has 0 aromatic heterocycles. The summed E-state index contributed by atoms with van der Waals surface area (Å²) in [4.78, 5) is 3.69. The minimum atomic E-state index is -0.973. The molecule has 0 atom stereocenters. The van der Waals surface area contributed by atoms with Crippen LogP contribution in [0.3, 0.4) is 0 Å². The van der Waals surface area contributed by atoms with Gasteiger partial charge < -0.3 is 3.89 Å². The van der Waals surface area contributed by atoms with Crippen LogP contribution in [0.5, 0.6) is 0 Å². The highest BCUT2D eigenvalue weighted by Gasteiger charge is 2.03. The zero-order chi connectivity index (χ0) is 7.11. The van der Waals surface area contributed by atoms with Gasteiger partial charge in [-0.3, -0.25) is 4.99 Å². The van der Waals surface area contributed by atoms with Crippen LogP contribution in [0.1, 0.15) is 0 Å². The maximum Gasteiger partial charge on any atom is 0.570 e. The molecular weight excluding hydrogens is 131 g/mol. The van der Waals surface area contributed by atoms with Crippen molar-refractivity contribution >= 4 is 26.9 Å². The van der Waals surface area contributed by atoms with Crippen molar-refractivity contribution < 1.29 is 3.89 Å².